The molecule has 0 heterocycles. The van der Waals surface area contributed by atoms with Gasteiger partial charge in [0.15, 0.2) is 0 Å². The summed E-state index contributed by atoms with van der Waals surface area (Å²) >= 11 is 7.01. The summed E-state index contributed by atoms with van der Waals surface area (Å²) in [7, 11) is 0. The van der Waals surface area contributed by atoms with Crippen LogP contribution in [0.15, 0.2) is 0 Å². The molecule has 146 valence electrons. The quantitative estimate of drug-likeness (QED) is 0.116. The summed E-state index contributed by atoms with van der Waals surface area (Å²) in [4.78, 5) is 0. The lowest BCUT2D eigenvalue weighted by Gasteiger charge is -2.04. The summed E-state index contributed by atoms with van der Waals surface area (Å²) < 4.78 is 0. The van der Waals surface area contributed by atoms with E-state index in [-0.39, 0.29) is 0 Å². The summed E-state index contributed by atoms with van der Waals surface area (Å²) in [6.07, 6.45) is 29.1. The van der Waals surface area contributed by atoms with Gasteiger partial charge in [-0.2, -0.15) is 0 Å². The Morgan fingerprint density at radius 3 is 0.458 bits per heavy atom. The fourth-order valence-corrected chi connectivity index (χ4v) is 4.16. The Kier molecular flexibility index (Phi) is 24.9. The molecule has 0 aliphatic carbocycles. The maximum absolute atomic E-state index is 3.50. The van der Waals surface area contributed by atoms with Crippen LogP contribution in [0, 0.1) is 0 Å². The van der Waals surface area contributed by atoms with Crippen molar-refractivity contribution in [1.82, 2.24) is 0 Å². The van der Waals surface area contributed by atoms with E-state index in [0.717, 1.165) is 0 Å². The lowest BCUT2D eigenvalue weighted by molar-refractivity contribution is 0.523. The van der Waals surface area contributed by atoms with Crippen LogP contribution in [0.25, 0.3) is 0 Å². The molecule has 0 spiro atoms. The van der Waals surface area contributed by atoms with Gasteiger partial charge in [0.1, 0.15) is 0 Å². The molecule has 0 nitrogen and oxygen atoms in total. The van der Waals surface area contributed by atoms with Crippen molar-refractivity contribution in [2.45, 2.75) is 128 Å². The minimum Gasteiger partial charge on any atom is -0.0928 e. The average Bonchev–Trinajstić information content (AvgIpc) is 2.60. The lowest BCUT2D eigenvalue weighted by atomic mass is 10.0. The normalized spacial score (nSPS) is 11.2. The summed E-state index contributed by atoms with van der Waals surface area (Å²) in [6, 6.07) is 0. The lowest BCUT2D eigenvalue weighted by Crippen LogP contribution is -1.84. The molecule has 0 unspecified atom stereocenters. The average molecular weight is 468 g/mol. The molecule has 0 saturated heterocycles. The molecule has 0 saturated carbocycles. The van der Waals surface area contributed by atoms with Crippen molar-refractivity contribution in [3.8, 4) is 0 Å². The van der Waals surface area contributed by atoms with E-state index in [1.54, 1.807) is 0 Å². The van der Waals surface area contributed by atoms with Crippen LogP contribution in [0.3, 0.4) is 0 Å². The summed E-state index contributed by atoms with van der Waals surface area (Å²) in [5.74, 6) is 0. The largest absolute Gasteiger partial charge is 0.0928 e. The first-order chi connectivity index (χ1) is 11.9. The smallest absolute Gasteiger partial charge is 0.00313 e. The SMILES string of the molecule is BrCCCCCCCCCCCCCCCCCCCCCCBr. The van der Waals surface area contributed by atoms with Crippen molar-refractivity contribution in [3.63, 3.8) is 0 Å². The minimum absolute atomic E-state index is 1.19. The Labute approximate surface area is 170 Å². The predicted octanol–water partition coefficient (Wildman–Crippen LogP) is 9.58. The Morgan fingerprint density at radius 1 is 0.208 bits per heavy atom. The highest BCUT2D eigenvalue weighted by molar-refractivity contribution is 9.09. The summed E-state index contributed by atoms with van der Waals surface area (Å²) in [6.45, 7) is 0. The molecule has 0 N–H and O–H groups in total. The standard InChI is InChI=1S/C22H44Br2/c23-21-19-17-15-13-11-9-7-5-3-1-2-4-6-8-10-12-14-16-18-20-22-24/h1-22H2. The highest BCUT2D eigenvalue weighted by atomic mass is 79.9. The van der Waals surface area contributed by atoms with Gasteiger partial charge in [-0.05, 0) is 12.8 Å². The Bertz CT molecular complexity index is 184. The van der Waals surface area contributed by atoms with Gasteiger partial charge in [0.25, 0.3) is 0 Å². The van der Waals surface area contributed by atoms with Crippen LogP contribution in [0.4, 0.5) is 0 Å². The zero-order valence-electron chi connectivity index (χ0n) is 16.3. The second-order valence-electron chi connectivity index (χ2n) is 7.45. The predicted molar refractivity (Wildman–Crippen MR) is 120 cm³/mol. The number of hydrogen-bond donors (Lipinski definition) is 0. The van der Waals surface area contributed by atoms with Crippen LogP contribution in [0.2, 0.25) is 0 Å². The molecule has 0 atom stereocenters. The first-order valence-corrected chi connectivity index (χ1v) is 13.3. The number of alkyl halides is 2. The van der Waals surface area contributed by atoms with Gasteiger partial charge >= 0.3 is 0 Å². The molecule has 0 aromatic heterocycles. The van der Waals surface area contributed by atoms with Crippen molar-refractivity contribution in [1.29, 1.82) is 0 Å². The van der Waals surface area contributed by atoms with E-state index < -0.39 is 0 Å². The second-order valence-corrected chi connectivity index (χ2v) is 9.04. The Balaban J connectivity index is 2.93. The fourth-order valence-electron chi connectivity index (χ4n) is 3.37. The molecule has 2 heteroatoms. The third kappa shape index (κ3) is 23.0. The van der Waals surface area contributed by atoms with Gasteiger partial charge < -0.3 is 0 Å². The van der Waals surface area contributed by atoms with Gasteiger partial charge in [0, 0.05) is 10.7 Å². The van der Waals surface area contributed by atoms with E-state index >= 15 is 0 Å². The van der Waals surface area contributed by atoms with Crippen molar-refractivity contribution < 1.29 is 0 Å². The van der Waals surface area contributed by atoms with E-state index in [4.69, 9.17) is 0 Å². The maximum Gasteiger partial charge on any atom is 0.00313 e. The van der Waals surface area contributed by atoms with Crippen LogP contribution in [-0.4, -0.2) is 10.7 Å². The van der Waals surface area contributed by atoms with Gasteiger partial charge in [-0.25, -0.2) is 0 Å². The van der Waals surface area contributed by atoms with E-state index in [2.05, 4.69) is 31.9 Å². The molecule has 0 amide bonds. The second kappa shape index (κ2) is 24.0. The van der Waals surface area contributed by atoms with E-state index in [0.29, 0.717) is 0 Å². The zero-order valence-corrected chi connectivity index (χ0v) is 19.5. The summed E-state index contributed by atoms with van der Waals surface area (Å²) in [5, 5.41) is 2.37. The molecule has 0 aliphatic heterocycles. The molecule has 0 radical (unpaired) electrons. The van der Waals surface area contributed by atoms with E-state index in [9.17, 15) is 0 Å². The van der Waals surface area contributed by atoms with Crippen LogP contribution in [-0.2, 0) is 0 Å². The van der Waals surface area contributed by atoms with Crippen LogP contribution < -0.4 is 0 Å². The Morgan fingerprint density at radius 2 is 0.333 bits per heavy atom. The molecule has 24 heavy (non-hydrogen) atoms. The third-order valence-corrected chi connectivity index (χ3v) is 6.14. The van der Waals surface area contributed by atoms with Crippen molar-refractivity contribution >= 4 is 31.9 Å². The number of unbranched alkanes of at least 4 members (excludes halogenated alkanes) is 19. The molecule has 0 bridgehead atoms. The van der Waals surface area contributed by atoms with Gasteiger partial charge in [-0.15, -0.1) is 0 Å². The van der Waals surface area contributed by atoms with Crippen LogP contribution in [0.5, 0.6) is 0 Å². The topological polar surface area (TPSA) is 0 Å². The van der Waals surface area contributed by atoms with Crippen molar-refractivity contribution in [2.75, 3.05) is 10.7 Å². The van der Waals surface area contributed by atoms with Crippen LogP contribution >= 0.6 is 31.9 Å². The van der Waals surface area contributed by atoms with Gasteiger partial charge in [0.05, 0.1) is 0 Å². The Hall–Kier alpha value is 0.960. The van der Waals surface area contributed by atoms with Gasteiger partial charge in [-0.1, -0.05) is 147 Å². The zero-order chi connectivity index (χ0) is 17.6. The van der Waals surface area contributed by atoms with Gasteiger partial charge in [-0.3, -0.25) is 0 Å². The molecule has 0 aromatic rings. The molecule has 0 rings (SSSR count). The fraction of sp³-hybridized carbons (Fsp3) is 1.00. The van der Waals surface area contributed by atoms with Crippen LogP contribution in [0.1, 0.15) is 128 Å². The molecular formula is C22H44Br2. The molecular weight excluding hydrogens is 424 g/mol. The molecule has 0 aromatic carbocycles. The van der Waals surface area contributed by atoms with Crippen molar-refractivity contribution in [2.24, 2.45) is 0 Å². The van der Waals surface area contributed by atoms with Gasteiger partial charge in [0.2, 0.25) is 0 Å². The highest BCUT2D eigenvalue weighted by Crippen LogP contribution is 2.15. The van der Waals surface area contributed by atoms with E-state index in [1.165, 1.54) is 139 Å². The number of hydrogen-bond acceptors (Lipinski definition) is 0. The summed E-state index contributed by atoms with van der Waals surface area (Å²) in [5.41, 5.74) is 0. The maximum atomic E-state index is 3.50. The molecule has 0 fully saturated rings. The van der Waals surface area contributed by atoms with Crippen molar-refractivity contribution in [3.05, 3.63) is 0 Å². The number of rotatable bonds is 21. The third-order valence-electron chi connectivity index (χ3n) is 5.02. The van der Waals surface area contributed by atoms with E-state index in [1.807, 2.05) is 0 Å². The first kappa shape index (κ1) is 25.0. The monoisotopic (exact) mass is 466 g/mol. The first-order valence-electron chi connectivity index (χ1n) is 11.0. The molecule has 0 aliphatic rings. The minimum atomic E-state index is 1.19. The highest BCUT2D eigenvalue weighted by Gasteiger charge is 1.95. The number of halogens is 2.